The third kappa shape index (κ3) is 3.85. The molecule has 0 aliphatic carbocycles. The zero-order valence-corrected chi connectivity index (χ0v) is 11.4. The third-order valence-electron chi connectivity index (χ3n) is 2.46. The minimum Gasteiger partial charge on any atom is -0.481 e. The first-order chi connectivity index (χ1) is 8.32. The molecule has 0 saturated carbocycles. The number of carboxylic acid groups (broad SMARTS) is 1. The number of hydrogen-bond donors (Lipinski definition) is 1. The number of aliphatic carboxylic acids is 1. The van der Waals surface area contributed by atoms with Crippen LogP contribution in [-0.2, 0) is 4.79 Å². The monoisotopic (exact) mass is 294 g/mol. The van der Waals surface area contributed by atoms with Crippen molar-refractivity contribution in [2.75, 3.05) is 0 Å². The van der Waals surface area contributed by atoms with E-state index in [-0.39, 0.29) is 15.8 Å². The molecule has 18 heavy (non-hydrogen) atoms. The molecule has 0 saturated heterocycles. The minimum absolute atomic E-state index is 0.104. The fraction of sp³-hybridized carbons (Fsp3) is 0.417. The highest BCUT2D eigenvalue weighted by Crippen LogP contribution is 2.35. The van der Waals surface area contributed by atoms with Crippen molar-refractivity contribution in [3.8, 4) is 0 Å². The van der Waals surface area contributed by atoms with Gasteiger partial charge in [-0.15, -0.1) is 0 Å². The van der Waals surface area contributed by atoms with Crippen LogP contribution in [-0.4, -0.2) is 16.8 Å². The Bertz CT molecular complexity index is 438. The molecular formula is C12H13ClF2O2S. The van der Waals surface area contributed by atoms with Gasteiger partial charge in [-0.3, -0.25) is 4.79 Å². The molecule has 1 atom stereocenters. The number of hydrogen-bond acceptors (Lipinski definition) is 2. The standard InChI is InChI=1S/C12H13ClF2O2S/c1-6(2)10(11(16)17)7-3-4-9(8(13)5-7)18-12(14)15/h3-6,10,12H,1-2H3,(H,16,17). The van der Waals surface area contributed by atoms with Crippen LogP contribution in [0, 0.1) is 5.92 Å². The van der Waals surface area contributed by atoms with Crippen LogP contribution in [0.1, 0.15) is 25.3 Å². The van der Waals surface area contributed by atoms with Crippen LogP contribution in [0.4, 0.5) is 8.78 Å². The molecule has 0 bridgehead atoms. The number of halogens is 3. The lowest BCUT2D eigenvalue weighted by molar-refractivity contribution is -0.139. The highest BCUT2D eigenvalue weighted by atomic mass is 35.5. The molecule has 1 unspecified atom stereocenters. The van der Waals surface area contributed by atoms with Gasteiger partial charge in [-0.05, 0) is 23.6 Å². The lowest BCUT2D eigenvalue weighted by Crippen LogP contribution is -2.17. The van der Waals surface area contributed by atoms with Gasteiger partial charge in [-0.2, -0.15) is 8.78 Å². The third-order valence-corrected chi connectivity index (χ3v) is 3.68. The van der Waals surface area contributed by atoms with Gasteiger partial charge in [0.1, 0.15) is 0 Å². The Hall–Kier alpha value is -0.810. The average Bonchev–Trinajstić information content (AvgIpc) is 2.20. The number of rotatable bonds is 5. The molecule has 0 aliphatic heterocycles. The van der Waals surface area contributed by atoms with E-state index in [1.165, 1.54) is 18.2 Å². The summed E-state index contributed by atoms with van der Waals surface area (Å²) >= 11 is 6.23. The molecule has 0 spiro atoms. The zero-order valence-electron chi connectivity index (χ0n) is 9.86. The van der Waals surface area contributed by atoms with Crippen molar-refractivity contribution in [1.29, 1.82) is 0 Å². The van der Waals surface area contributed by atoms with E-state index >= 15 is 0 Å². The van der Waals surface area contributed by atoms with E-state index in [9.17, 15) is 13.6 Å². The van der Waals surface area contributed by atoms with Gasteiger partial charge in [0.25, 0.3) is 5.76 Å². The molecule has 1 N–H and O–H groups in total. The Balaban J connectivity index is 3.05. The molecule has 2 nitrogen and oxygen atoms in total. The van der Waals surface area contributed by atoms with Crippen LogP contribution in [0.25, 0.3) is 0 Å². The van der Waals surface area contributed by atoms with Gasteiger partial charge < -0.3 is 5.11 Å². The maximum Gasteiger partial charge on any atom is 0.311 e. The highest BCUT2D eigenvalue weighted by Gasteiger charge is 2.24. The van der Waals surface area contributed by atoms with Gasteiger partial charge in [-0.1, -0.05) is 43.3 Å². The molecule has 1 aromatic rings. The Kier molecular flexibility index (Phi) is 5.41. The Labute approximate surface area is 113 Å². The van der Waals surface area contributed by atoms with E-state index < -0.39 is 17.6 Å². The molecule has 100 valence electrons. The molecule has 1 rings (SSSR count). The van der Waals surface area contributed by atoms with Crippen molar-refractivity contribution in [3.63, 3.8) is 0 Å². The summed E-state index contributed by atoms with van der Waals surface area (Å²) in [7, 11) is 0. The fourth-order valence-electron chi connectivity index (χ4n) is 1.71. The molecule has 0 aliphatic rings. The number of benzene rings is 1. The molecule has 0 fully saturated rings. The molecule has 6 heteroatoms. The maximum absolute atomic E-state index is 12.2. The Morgan fingerprint density at radius 3 is 2.39 bits per heavy atom. The number of thioether (sulfide) groups is 1. The van der Waals surface area contributed by atoms with E-state index in [0.29, 0.717) is 17.3 Å². The maximum atomic E-state index is 12.2. The normalized spacial score (nSPS) is 13.1. The van der Waals surface area contributed by atoms with Crippen molar-refractivity contribution in [2.24, 2.45) is 5.92 Å². The first kappa shape index (κ1) is 15.2. The summed E-state index contributed by atoms with van der Waals surface area (Å²) in [6, 6.07) is 4.42. The van der Waals surface area contributed by atoms with Crippen LogP contribution in [0.2, 0.25) is 5.02 Å². The summed E-state index contributed by atoms with van der Waals surface area (Å²) in [6.07, 6.45) is 0. The van der Waals surface area contributed by atoms with Crippen molar-refractivity contribution in [3.05, 3.63) is 28.8 Å². The summed E-state index contributed by atoms with van der Waals surface area (Å²) in [5.41, 5.74) is 0.529. The SMILES string of the molecule is CC(C)C(C(=O)O)c1ccc(SC(F)F)c(Cl)c1. The van der Waals surface area contributed by atoms with Crippen LogP contribution in [0.3, 0.4) is 0 Å². The number of carboxylic acids is 1. The molecule has 0 heterocycles. The number of carbonyl (C=O) groups is 1. The second-order valence-corrected chi connectivity index (χ2v) is 5.57. The quantitative estimate of drug-likeness (QED) is 0.814. The van der Waals surface area contributed by atoms with E-state index in [2.05, 4.69) is 0 Å². The summed E-state index contributed by atoms with van der Waals surface area (Å²) in [5.74, 6) is -4.29. The van der Waals surface area contributed by atoms with E-state index in [0.717, 1.165) is 0 Å². The van der Waals surface area contributed by atoms with E-state index in [4.69, 9.17) is 16.7 Å². The first-order valence-corrected chi connectivity index (χ1v) is 6.55. The van der Waals surface area contributed by atoms with Crippen LogP contribution >= 0.6 is 23.4 Å². The predicted octanol–water partition coefficient (Wildman–Crippen LogP) is 4.48. The van der Waals surface area contributed by atoms with Crippen molar-refractivity contribution in [2.45, 2.75) is 30.4 Å². The lowest BCUT2D eigenvalue weighted by atomic mass is 9.89. The topological polar surface area (TPSA) is 37.3 Å². The minimum atomic E-state index is -2.55. The average molecular weight is 295 g/mol. The second kappa shape index (κ2) is 6.38. The number of alkyl halides is 2. The van der Waals surface area contributed by atoms with Crippen molar-refractivity contribution < 1.29 is 18.7 Å². The molecule has 0 aromatic heterocycles. The van der Waals surface area contributed by atoms with Gasteiger partial charge >= 0.3 is 5.97 Å². The summed E-state index contributed by atoms with van der Waals surface area (Å²) in [6.45, 7) is 3.57. The summed E-state index contributed by atoms with van der Waals surface area (Å²) in [5, 5.41) is 9.29. The van der Waals surface area contributed by atoms with Crippen LogP contribution < -0.4 is 0 Å². The van der Waals surface area contributed by atoms with E-state index in [1.807, 2.05) is 0 Å². The first-order valence-electron chi connectivity index (χ1n) is 5.30. The molecular weight excluding hydrogens is 282 g/mol. The van der Waals surface area contributed by atoms with Gasteiger partial charge in [-0.25, -0.2) is 0 Å². The molecule has 0 amide bonds. The van der Waals surface area contributed by atoms with Crippen molar-refractivity contribution in [1.82, 2.24) is 0 Å². The second-order valence-electron chi connectivity index (χ2n) is 4.13. The smallest absolute Gasteiger partial charge is 0.311 e. The summed E-state index contributed by atoms with van der Waals surface area (Å²) in [4.78, 5) is 11.4. The fourth-order valence-corrected chi connectivity index (χ4v) is 2.55. The van der Waals surface area contributed by atoms with Gasteiger partial charge in [0.2, 0.25) is 0 Å². The highest BCUT2D eigenvalue weighted by molar-refractivity contribution is 7.99. The Morgan fingerprint density at radius 2 is 2.00 bits per heavy atom. The Morgan fingerprint density at radius 1 is 1.39 bits per heavy atom. The van der Waals surface area contributed by atoms with Crippen LogP contribution in [0.15, 0.2) is 23.1 Å². The van der Waals surface area contributed by atoms with Gasteiger partial charge in [0.05, 0.1) is 10.9 Å². The predicted molar refractivity (Wildman–Crippen MR) is 68.5 cm³/mol. The lowest BCUT2D eigenvalue weighted by Gasteiger charge is -2.17. The summed E-state index contributed by atoms with van der Waals surface area (Å²) < 4.78 is 24.5. The van der Waals surface area contributed by atoms with Crippen LogP contribution in [0.5, 0.6) is 0 Å². The zero-order chi connectivity index (χ0) is 13.9. The molecule has 0 radical (unpaired) electrons. The van der Waals surface area contributed by atoms with Crippen molar-refractivity contribution >= 4 is 29.3 Å². The van der Waals surface area contributed by atoms with Gasteiger partial charge in [0, 0.05) is 4.90 Å². The largest absolute Gasteiger partial charge is 0.481 e. The van der Waals surface area contributed by atoms with Gasteiger partial charge in [0.15, 0.2) is 0 Å². The molecule has 1 aromatic carbocycles. The van der Waals surface area contributed by atoms with E-state index in [1.54, 1.807) is 13.8 Å².